The van der Waals surface area contributed by atoms with E-state index in [0.717, 1.165) is 11.1 Å². The molecule has 0 aromatic heterocycles. The molecule has 1 amide bonds. The van der Waals surface area contributed by atoms with Crippen LogP contribution in [0.4, 0.5) is 0 Å². The molecule has 2 aromatic carbocycles. The summed E-state index contributed by atoms with van der Waals surface area (Å²) in [5.41, 5.74) is 2.15. The normalized spacial score (nSPS) is 12.5. The molecule has 7 heteroatoms. The number of carbonyl (C=O) groups is 1. The van der Waals surface area contributed by atoms with Gasteiger partial charge in [0.05, 0.1) is 23.6 Å². The number of nitrogens with one attached hydrogen (secondary N) is 1. The van der Waals surface area contributed by atoms with Crippen LogP contribution in [0.1, 0.15) is 34.5 Å². The van der Waals surface area contributed by atoms with E-state index in [1.807, 2.05) is 38.1 Å². The fraction of sp³-hybridized carbons (Fsp3) is 0.235. The number of hydrogen-bond donors (Lipinski definition) is 2. The van der Waals surface area contributed by atoms with Crippen LogP contribution in [0.25, 0.3) is 0 Å². The van der Waals surface area contributed by atoms with Gasteiger partial charge in [0.15, 0.2) is 0 Å². The first-order valence-corrected chi connectivity index (χ1v) is 8.86. The third-order valence-electron chi connectivity index (χ3n) is 3.75. The molecule has 0 fully saturated rings. The van der Waals surface area contributed by atoms with Crippen molar-refractivity contribution >= 4 is 15.9 Å². The fourth-order valence-electron chi connectivity index (χ4n) is 2.47. The van der Waals surface area contributed by atoms with Crippen LogP contribution >= 0.6 is 0 Å². The van der Waals surface area contributed by atoms with Crippen LogP contribution in [0, 0.1) is 6.92 Å². The third kappa shape index (κ3) is 3.93. The second-order valence-corrected chi connectivity index (χ2v) is 7.02. The Kier molecular flexibility index (Phi) is 5.26. The molecule has 6 nitrogen and oxygen atoms in total. The molecule has 0 unspecified atom stereocenters. The Labute approximate surface area is 141 Å². The molecule has 0 aliphatic rings. The summed E-state index contributed by atoms with van der Waals surface area (Å²) in [6.45, 7) is 3.82. The lowest BCUT2D eigenvalue weighted by atomic mass is 10.0. The first-order valence-electron chi connectivity index (χ1n) is 7.31. The molecular weight excluding hydrogens is 328 g/mol. The van der Waals surface area contributed by atoms with Gasteiger partial charge in [0, 0.05) is 0 Å². The Morgan fingerprint density at radius 2 is 1.88 bits per heavy atom. The van der Waals surface area contributed by atoms with Crippen molar-refractivity contribution in [2.24, 2.45) is 5.14 Å². The van der Waals surface area contributed by atoms with E-state index in [2.05, 4.69) is 5.32 Å². The summed E-state index contributed by atoms with van der Waals surface area (Å²) in [7, 11) is -2.50. The van der Waals surface area contributed by atoms with Crippen molar-refractivity contribution < 1.29 is 17.9 Å². The molecule has 0 saturated heterocycles. The second kappa shape index (κ2) is 7.02. The molecule has 0 bridgehead atoms. The summed E-state index contributed by atoms with van der Waals surface area (Å²) in [4.78, 5) is 12.4. The van der Waals surface area contributed by atoms with Crippen LogP contribution in [-0.4, -0.2) is 21.4 Å². The van der Waals surface area contributed by atoms with E-state index in [9.17, 15) is 13.2 Å². The Morgan fingerprint density at radius 3 is 2.46 bits per heavy atom. The maximum Gasteiger partial charge on any atom is 0.255 e. The number of sulfonamides is 1. The summed E-state index contributed by atoms with van der Waals surface area (Å²) in [6.07, 6.45) is 0. The smallest absolute Gasteiger partial charge is 0.255 e. The molecule has 3 N–H and O–H groups in total. The zero-order valence-electron chi connectivity index (χ0n) is 13.7. The van der Waals surface area contributed by atoms with Crippen LogP contribution in [0.5, 0.6) is 5.75 Å². The highest BCUT2D eigenvalue weighted by atomic mass is 32.2. The van der Waals surface area contributed by atoms with Crippen LogP contribution in [-0.2, 0) is 10.0 Å². The molecule has 0 heterocycles. The molecule has 24 heavy (non-hydrogen) atoms. The highest BCUT2D eigenvalue weighted by Gasteiger charge is 2.19. The number of primary sulfonamides is 1. The van der Waals surface area contributed by atoms with Crippen molar-refractivity contribution in [3.05, 3.63) is 59.2 Å². The molecule has 0 spiro atoms. The topological polar surface area (TPSA) is 98.5 Å². The van der Waals surface area contributed by atoms with Gasteiger partial charge < -0.3 is 10.1 Å². The van der Waals surface area contributed by atoms with E-state index in [1.165, 1.54) is 25.3 Å². The van der Waals surface area contributed by atoms with E-state index in [4.69, 9.17) is 9.88 Å². The predicted octanol–water partition coefficient (Wildman–Crippen LogP) is 2.14. The summed E-state index contributed by atoms with van der Waals surface area (Å²) < 4.78 is 28.2. The van der Waals surface area contributed by atoms with Crippen molar-refractivity contribution in [3.8, 4) is 5.75 Å². The SMILES string of the molecule is COc1ccc(S(N)(=O)=O)cc1C(=O)N[C@H](C)c1ccccc1C. The van der Waals surface area contributed by atoms with E-state index in [0.29, 0.717) is 0 Å². The standard InChI is InChI=1S/C17H20N2O4S/c1-11-6-4-5-7-14(11)12(2)19-17(20)15-10-13(24(18,21)22)8-9-16(15)23-3/h4-10,12H,1-3H3,(H,19,20)(H2,18,21,22)/t12-/m1/s1. The van der Waals surface area contributed by atoms with E-state index >= 15 is 0 Å². The minimum absolute atomic E-state index is 0.115. The van der Waals surface area contributed by atoms with Crippen LogP contribution in [0.2, 0.25) is 0 Å². The van der Waals surface area contributed by atoms with Gasteiger partial charge in [-0.05, 0) is 43.2 Å². The fourth-order valence-corrected chi connectivity index (χ4v) is 3.01. The highest BCUT2D eigenvalue weighted by molar-refractivity contribution is 7.89. The lowest BCUT2D eigenvalue weighted by molar-refractivity contribution is 0.0936. The van der Waals surface area contributed by atoms with Gasteiger partial charge >= 0.3 is 0 Å². The quantitative estimate of drug-likeness (QED) is 0.865. The average molecular weight is 348 g/mol. The van der Waals surface area contributed by atoms with Crippen LogP contribution in [0.15, 0.2) is 47.4 Å². The molecule has 0 radical (unpaired) electrons. The molecule has 0 aliphatic carbocycles. The van der Waals surface area contributed by atoms with Crippen molar-refractivity contribution in [1.29, 1.82) is 0 Å². The molecular formula is C17H20N2O4S. The number of aryl methyl sites for hydroxylation is 1. The van der Waals surface area contributed by atoms with Gasteiger partial charge in [-0.3, -0.25) is 4.79 Å². The molecule has 128 valence electrons. The lowest BCUT2D eigenvalue weighted by Gasteiger charge is -2.18. The number of benzene rings is 2. The molecule has 0 aliphatic heterocycles. The Bertz CT molecular complexity index is 863. The monoisotopic (exact) mass is 348 g/mol. The molecule has 1 atom stereocenters. The van der Waals surface area contributed by atoms with Gasteiger partial charge in [0.2, 0.25) is 10.0 Å². The van der Waals surface area contributed by atoms with Crippen molar-refractivity contribution in [3.63, 3.8) is 0 Å². The zero-order valence-corrected chi connectivity index (χ0v) is 14.6. The highest BCUT2D eigenvalue weighted by Crippen LogP contribution is 2.23. The zero-order chi connectivity index (χ0) is 17.9. The molecule has 2 rings (SSSR count). The maximum atomic E-state index is 12.6. The Hall–Kier alpha value is -2.38. The van der Waals surface area contributed by atoms with E-state index in [1.54, 1.807) is 0 Å². The van der Waals surface area contributed by atoms with Gasteiger partial charge in [0.1, 0.15) is 5.75 Å². The summed E-state index contributed by atoms with van der Waals surface area (Å²) >= 11 is 0. The first kappa shape index (κ1) is 18.0. The van der Waals surface area contributed by atoms with Crippen LogP contribution < -0.4 is 15.2 Å². The van der Waals surface area contributed by atoms with Gasteiger partial charge in [-0.15, -0.1) is 0 Å². The van der Waals surface area contributed by atoms with Gasteiger partial charge in [-0.25, -0.2) is 13.6 Å². The summed E-state index contributed by atoms with van der Waals surface area (Å²) in [5.74, 6) is -0.162. The van der Waals surface area contributed by atoms with Crippen molar-refractivity contribution in [2.45, 2.75) is 24.8 Å². The van der Waals surface area contributed by atoms with Gasteiger partial charge in [-0.2, -0.15) is 0 Å². The number of carbonyl (C=O) groups excluding carboxylic acids is 1. The summed E-state index contributed by atoms with van der Waals surface area (Å²) in [5, 5.41) is 7.98. The number of amides is 1. The second-order valence-electron chi connectivity index (χ2n) is 5.46. The van der Waals surface area contributed by atoms with Crippen molar-refractivity contribution in [2.75, 3.05) is 7.11 Å². The largest absolute Gasteiger partial charge is 0.496 e. The third-order valence-corrected chi connectivity index (χ3v) is 4.66. The van der Waals surface area contributed by atoms with Crippen LogP contribution in [0.3, 0.4) is 0 Å². The van der Waals surface area contributed by atoms with E-state index in [-0.39, 0.29) is 22.3 Å². The van der Waals surface area contributed by atoms with Crippen molar-refractivity contribution in [1.82, 2.24) is 5.32 Å². The lowest BCUT2D eigenvalue weighted by Crippen LogP contribution is -2.28. The minimum Gasteiger partial charge on any atom is -0.496 e. The van der Waals surface area contributed by atoms with Gasteiger partial charge in [0.25, 0.3) is 5.91 Å². The van der Waals surface area contributed by atoms with Gasteiger partial charge in [-0.1, -0.05) is 24.3 Å². The number of nitrogens with two attached hydrogens (primary N) is 1. The first-order chi connectivity index (χ1) is 11.2. The van der Waals surface area contributed by atoms with E-state index < -0.39 is 15.9 Å². The maximum absolute atomic E-state index is 12.6. The molecule has 2 aromatic rings. The number of methoxy groups -OCH3 is 1. The average Bonchev–Trinajstić information content (AvgIpc) is 2.53. The Balaban J connectivity index is 2.34. The predicted molar refractivity (Wildman–Crippen MR) is 91.4 cm³/mol. The minimum atomic E-state index is -3.91. The Morgan fingerprint density at radius 1 is 1.21 bits per heavy atom. The number of rotatable bonds is 5. The molecule has 0 saturated carbocycles. The summed E-state index contributed by atoms with van der Waals surface area (Å²) in [6, 6.07) is 11.4. The number of hydrogen-bond acceptors (Lipinski definition) is 4. The number of ether oxygens (including phenoxy) is 1.